The Balaban J connectivity index is 2.27. The van der Waals surface area contributed by atoms with E-state index in [4.69, 9.17) is 9.47 Å². The van der Waals surface area contributed by atoms with Gasteiger partial charge in [-0.3, -0.25) is 4.79 Å². The molecule has 4 nitrogen and oxygen atoms in total. The smallest absolute Gasteiger partial charge is 0.343 e. The van der Waals surface area contributed by atoms with E-state index in [9.17, 15) is 9.00 Å². The lowest BCUT2D eigenvalue weighted by Crippen LogP contribution is -2.18. The van der Waals surface area contributed by atoms with E-state index in [2.05, 4.69) is 0 Å². The summed E-state index contributed by atoms with van der Waals surface area (Å²) in [7, 11) is 0. The van der Waals surface area contributed by atoms with Crippen LogP contribution in [0.15, 0.2) is 0 Å². The van der Waals surface area contributed by atoms with Gasteiger partial charge in [0.05, 0.1) is 12.7 Å². The average molecular weight is 191 g/mol. The van der Waals surface area contributed by atoms with Gasteiger partial charge >= 0.3 is 11.7 Å². The van der Waals surface area contributed by atoms with Crippen LogP contribution in [0, 0.1) is 0 Å². The van der Waals surface area contributed by atoms with E-state index in [1.54, 1.807) is 0 Å². The first kappa shape index (κ1) is 9.70. The monoisotopic (exact) mass is 191 g/mol. The maximum atomic E-state index is 10.3. The molecule has 1 fully saturated rings. The van der Waals surface area contributed by atoms with Crippen molar-refractivity contribution in [2.45, 2.75) is 31.0 Å². The number of rotatable bonds is 4. The summed E-state index contributed by atoms with van der Waals surface area (Å²) < 4.78 is 20.4. The van der Waals surface area contributed by atoms with Crippen LogP contribution in [-0.2, 0) is 30.1 Å². The predicted octanol–water partition coefficient (Wildman–Crippen LogP) is 0.133. The van der Waals surface area contributed by atoms with Gasteiger partial charge in [0.2, 0.25) is 11.5 Å². The quantitative estimate of drug-likeness (QED) is 0.468. The molecule has 0 spiro atoms. The molecule has 1 heterocycles. The zero-order valence-corrected chi connectivity index (χ0v) is 7.58. The number of ether oxygens (including phenoxy) is 2. The highest BCUT2D eigenvalue weighted by Gasteiger charge is 2.30. The molecule has 3 atom stereocenters. The number of carbonyl (C=O) groups is 1. The van der Waals surface area contributed by atoms with Gasteiger partial charge in [-0.2, -0.15) is 0 Å². The zero-order valence-electron chi connectivity index (χ0n) is 6.76. The number of hydrogen-bond acceptors (Lipinski definition) is 4. The highest BCUT2D eigenvalue weighted by Crippen LogP contribution is 2.14. The van der Waals surface area contributed by atoms with Gasteiger partial charge in [0, 0.05) is 10.6 Å². The van der Waals surface area contributed by atoms with Crippen molar-refractivity contribution in [1.82, 2.24) is 0 Å². The SMILES string of the molecule is CC(CC1COC(C=O)O1)[S+]=O. The predicted molar refractivity (Wildman–Crippen MR) is 42.8 cm³/mol. The fraction of sp³-hybridized carbons (Fsp3) is 0.857. The van der Waals surface area contributed by atoms with Crippen LogP contribution in [0.3, 0.4) is 0 Å². The largest absolute Gasteiger partial charge is 0.461 e. The molecule has 0 aromatic heterocycles. The first-order valence-corrected chi connectivity index (χ1v) is 4.57. The highest BCUT2D eigenvalue weighted by molar-refractivity contribution is 7.66. The molecule has 1 aliphatic heterocycles. The number of aldehydes is 1. The standard InChI is InChI=1S/C7H11O4S/c1-5(12-9)2-6-4-10-7(3-8)11-6/h3,5-7H,2,4H2,1H3/q+1. The molecule has 1 aliphatic rings. The third kappa shape index (κ3) is 2.58. The molecule has 0 aromatic carbocycles. The second-order valence-electron chi connectivity index (χ2n) is 2.74. The van der Waals surface area contributed by atoms with Gasteiger partial charge in [-0.1, -0.05) is 0 Å². The Bertz CT molecular complexity index is 173. The average Bonchev–Trinajstić information content (AvgIpc) is 2.52. The molecule has 68 valence electrons. The molecule has 0 aliphatic carbocycles. The lowest BCUT2D eigenvalue weighted by Gasteiger charge is -2.04. The Morgan fingerprint density at radius 3 is 3.00 bits per heavy atom. The molecule has 1 rings (SSSR count). The summed E-state index contributed by atoms with van der Waals surface area (Å²) in [5.41, 5.74) is 0. The molecule has 5 heteroatoms. The lowest BCUT2D eigenvalue weighted by molar-refractivity contribution is -0.133. The second-order valence-corrected chi connectivity index (χ2v) is 3.74. The summed E-state index contributed by atoms with van der Waals surface area (Å²) >= 11 is 0.547. The Morgan fingerprint density at radius 1 is 1.75 bits per heavy atom. The van der Waals surface area contributed by atoms with Crippen molar-refractivity contribution in [2.24, 2.45) is 0 Å². The summed E-state index contributed by atoms with van der Waals surface area (Å²) in [6.45, 7) is 2.24. The highest BCUT2D eigenvalue weighted by atomic mass is 32.1. The third-order valence-electron chi connectivity index (χ3n) is 1.64. The van der Waals surface area contributed by atoms with Crippen LogP contribution in [0.2, 0.25) is 0 Å². The van der Waals surface area contributed by atoms with Crippen LogP contribution in [0.25, 0.3) is 0 Å². The van der Waals surface area contributed by atoms with Crippen molar-refractivity contribution in [3.8, 4) is 0 Å². The van der Waals surface area contributed by atoms with Gasteiger partial charge in [-0.15, -0.1) is 0 Å². The van der Waals surface area contributed by atoms with Gasteiger partial charge in [-0.05, 0) is 6.92 Å². The van der Waals surface area contributed by atoms with Crippen LogP contribution in [-0.4, -0.2) is 30.5 Å². The maximum absolute atomic E-state index is 10.3. The molecular formula is C7H11O4S+. The Hall–Kier alpha value is -0.390. The second kappa shape index (κ2) is 4.59. The molecule has 0 radical (unpaired) electrons. The van der Waals surface area contributed by atoms with Crippen molar-refractivity contribution in [2.75, 3.05) is 6.61 Å². The first-order chi connectivity index (χ1) is 5.76. The van der Waals surface area contributed by atoms with Gasteiger partial charge in [0.1, 0.15) is 0 Å². The van der Waals surface area contributed by atoms with Crippen molar-refractivity contribution in [3.05, 3.63) is 0 Å². The minimum absolute atomic E-state index is 0.00371. The van der Waals surface area contributed by atoms with Gasteiger partial charge in [-0.25, -0.2) is 0 Å². The fourth-order valence-corrected chi connectivity index (χ4v) is 1.37. The van der Waals surface area contributed by atoms with Crippen molar-refractivity contribution < 1.29 is 18.5 Å². The van der Waals surface area contributed by atoms with Crippen molar-refractivity contribution in [1.29, 1.82) is 0 Å². The van der Waals surface area contributed by atoms with Crippen LogP contribution in [0.5, 0.6) is 0 Å². The molecule has 0 bridgehead atoms. The molecule has 0 aromatic rings. The van der Waals surface area contributed by atoms with E-state index < -0.39 is 6.29 Å². The van der Waals surface area contributed by atoms with Crippen LogP contribution in [0.1, 0.15) is 13.3 Å². The van der Waals surface area contributed by atoms with Crippen molar-refractivity contribution in [3.63, 3.8) is 0 Å². The first-order valence-electron chi connectivity index (χ1n) is 3.77. The zero-order chi connectivity index (χ0) is 8.97. The summed E-state index contributed by atoms with van der Waals surface area (Å²) in [6.07, 6.45) is 0.434. The summed E-state index contributed by atoms with van der Waals surface area (Å²) in [4.78, 5) is 10.2. The molecule has 1 saturated heterocycles. The Kier molecular flexibility index (Phi) is 3.71. The summed E-state index contributed by atoms with van der Waals surface area (Å²) in [5, 5.41) is 0.00371. The minimum atomic E-state index is -0.723. The number of carbonyl (C=O) groups excluding carboxylic acids is 1. The van der Waals surface area contributed by atoms with Crippen molar-refractivity contribution >= 4 is 18.0 Å². The Morgan fingerprint density at radius 2 is 2.50 bits per heavy atom. The molecule has 3 unspecified atom stereocenters. The minimum Gasteiger partial charge on any atom is -0.343 e. The summed E-state index contributed by atoms with van der Waals surface area (Å²) in [6, 6.07) is 0. The van der Waals surface area contributed by atoms with E-state index in [0.717, 1.165) is 0 Å². The molecule has 0 amide bonds. The van der Waals surface area contributed by atoms with E-state index >= 15 is 0 Å². The van der Waals surface area contributed by atoms with Gasteiger partial charge in [0.15, 0.2) is 6.29 Å². The van der Waals surface area contributed by atoms with E-state index in [1.165, 1.54) is 0 Å². The van der Waals surface area contributed by atoms with Gasteiger partial charge < -0.3 is 9.47 Å². The topological polar surface area (TPSA) is 52.6 Å². The van der Waals surface area contributed by atoms with E-state index in [-0.39, 0.29) is 11.4 Å². The van der Waals surface area contributed by atoms with Crippen LogP contribution < -0.4 is 0 Å². The fourth-order valence-electron chi connectivity index (χ4n) is 1.07. The van der Waals surface area contributed by atoms with E-state index in [1.807, 2.05) is 6.92 Å². The Labute approximate surface area is 74.7 Å². The molecule has 0 N–H and O–H groups in total. The number of hydrogen-bond donors (Lipinski definition) is 0. The summed E-state index contributed by atoms with van der Waals surface area (Å²) in [5.74, 6) is 0. The lowest BCUT2D eigenvalue weighted by atomic mass is 10.2. The van der Waals surface area contributed by atoms with Crippen LogP contribution in [0.4, 0.5) is 0 Å². The molecular weight excluding hydrogens is 180 g/mol. The third-order valence-corrected chi connectivity index (χ3v) is 2.16. The van der Waals surface area contributed by atoms with Gasteiger partial charge in [0.25, 0.3) is 0 Å². The van der Waals surface area contributed by atoms with E-state index in [0.29, 0.717) is 31.0 Å². The molecule has 0 saturated carbocycles. The normalized spacial score (nSPS) is 31.4. The maximum Gasteiger partial charge on any atom is 0.461 e. The van der Waals surface area contributed by atoms with Crippen LogP contribution >= 0.6 is 0 Å². The molecule has 12 heavy (non-hydrogen) atoms.